The van der Waals surface area contributed by atoms with Crippen LogP contribution in [0.5, 0.6) is 0 Å². The van der Waals surface area contributed by atoms with Crippen molar-refractivity contribution in [1.82, 2.24) is 0 Å². The Morgan fingerprint density at radius 3 is 1.94 bits per heavy atom. The molecule has 0 amide bonds. The van der Waals surface area contributed by atoms with E-state index in [9.17, 15) is 9.00 Å². The van der Waals surface area contributed by atoms with Gasteiger partial charge in [0.05, 0.1) is 0 Å². The van der Waals surface area contributed by atoms with Crippen molar-refractivity contribution in [3.63, 3.8) is 0 Å². The molecule has 0 saturated carbocycles. The van der Waals surface area contributed by atoms with Gasteiger partial charge in [-0.15, -0.1) is 0 Å². The number of hydrogen-bond donors (Lipinski definition) is 0. The summed E-state index contributed by atoms with van der Waals surface area (Å²) in [5, 5.41) is 1.30. The molecule has 0 spiro atoms. The van der Waals surface area contributed by atoms with Gasteiger partial charge in [0.1, 0.15) is 0 Å². The Morgan fingerprint density at radius 1 is 1.12 bits per heavy atom. The third kappa shape index (κ3) is 4.35. The maximum Gasteiger partial charge on any atom is 0.193 e. The van der Waals surface area contributed by atoms with Crippen molar-refractivity contribution < 1.29 is 9.00 Å². The first-order valence-electron chi connectivity index (χ1n) is 5.53. The minimum absolute atomic E-state index is 0.0777. The number of carbonyl (C=O) groups excluding carboxylic acids is 1. The first-order valence-corrected chi connectivity index (χ1v) is 7.97. The first kappa shape index (κ1) is 14.0. The number of rotatable bonds is 2. The van der Waals surface area contributed by atoms with E-state index >= 15 is 0 Å². The van der Waals surface area contributed by atoms with Crippen LogP contribution in [0.2, 0.25) is 0 Å². The standard InChI is InChI=1S/C14H20O2S/c1-14(2,3)12-8-6-11(7-9-12)13(15)10-17(4,5)16/h6-10H,1-5H3. The smallest absolute Gasteiger partial charge is 0.193 e. The highest BCUT2D eigenvalue weighted by Crippen LogP contribution is 2.22. The number of ketones is 1. The number of carbonyl (C=O) groups is 1. The molecule has 17 heavy (non-hydrogen) atoms. The second-order valence-electron chi connectivity index (χ2n) is 5.62. The lowest BCUT2D eigenvalue weighted by Gasteiger charge is -2.18. The van der Waals surface area contributed by atoms with Crippen LogP contribution >= 0.6 is 0 Å². The summed E-state index contributed by atoms with van der Waals surface area (Å²) in [6.07, 6.45) is 3.13. The largest absolute Gasteiger partial charge is 0.289 e. The lowest BCUT2D eigenvalue weighted by molar-refractivity contribution is 0.107. The van der Waals surface area contributed by atoms with Gasteiger partial charge in [-0.1, -0.05) is 45.0 Å². The molecule has 0 heterocycles. The molecule has 0 unspecified atom stereocenters. The van der Waals surface area contributed by atoms with Crippen molar-refractivity contribution in [3.8, 4) is 0 Å². The van der Waals surface area contributed by atoms with Crippen molar-refractivity contribution in [2.24, 2.45) is 0 Å². The molecular formula is C14H20O2S. The number of benzene rings is 1. The molecule has 0 saturated heterocycles. The van der Waals surface area contributed by atoms with E-state index in [0.717, 1.165) is 0 Å². The predicted octanol–water partition coefficient (Wildman–Crippen LogP) is 2.51. The molecule has 1 aromatic rings. The van der Waals surface area contributed by atoms with Crippen LogP contribution in [0.25, 0.3) is 0 Å². The van der Waals surface area contributed by atoms with Crippen LogP contribution in [0, 0.1) is 0 Å². The molecule has 0 N–H and O–H groups in total. The second-order valence-corrected chi connectivity index (χ2v) is 8.47. The van der Waals surface area contributed by atoms with Crippen molar-refractivity contribution in [3.05, 3.63) is 35.4 Å². The second kappa shape index (κ2) is 4.65. The van der Waals surface area contributed by atoms with E-state index in [0.29, 0.717) is 5.56 Å². The summed E-state index contributed by atoms with van der Waals surface area (Å²) in [6.45, 7) is 6.38. The average molecular weight is 252 g/mol. The van der Waals surface area contributed by atoms with E-state index in [1.54, 1.807) is 24.6 Å². The normalized spacial score (nSPS) is 12.3. The monoisotopic (exact) mass is 252 g/mol. The van der Waals surface area contributed by atoms with Gasteiger partial charge >= 0.3 is 0 Å². The molecular weight excluding hydrogens is 232 g/mol. The zero-order chi connectivity index (χ0) is 13.3. The SMILES string of the molecule is CC(C)(C)c1ccc(C(=O)C=S(C)(C)=O)cc1. The summed E-state index contributed by atoms with van der Waals surface area (Å²) >= 11 is 0. The van der Waals surface area contributed by atoms with Gasteiger partial charge in [0, 0.05) is 23.4 Å². The Morgan fingerprint density at radius 2 is 1.59 bits per heavy atom. The minimum Gasteiger partial charge on any atom is -0.289 e. The third-order valence-electron chi connectivity index (χ3n) is 2.43. The molecule has 0 aliphatic heterocycles. The zero-order valence-corrected chi connectivity index (χ0v) is 11.9. The highest BCUT2D eigenvalue weighted by molar-refractivity contribution is 8.01. The lowest BCUT2D eigenvalue weighted by atomic mass is 9.86. The van der Waals surface area contributed by atoms with Gasteiger partial charge in [-0.3, -0.25) is 9.00 Å². The number of Topliss-reactive ketones (excluding diaryl/α,β-unsaturated/α-hetero) is 1. The molecule has 94 valence electrons. The summed E-state index contributed by atoms with van der Waals surface area (Å²) in [5.41, 5.74) is 1.85. The fraction of sp³-hybridized carbons (Fsp3) is 0.429. The van der Waals surface area contributed by atoms with Crippen molar-refractivity contribution in [2.45, 2.75) is 26.2 Å². The van der Waals surface area contributed by atoms with Crippen LogP contribution in [0.15, 0.2) is 24.3 Å². The number of hydrogen-bond acceptors (Lipinski definition) is 2. The van der Waals surface area contributed by atoms with Gasteiger partial charge in [-0.2, -0.15) is 0 Å². The fourth-order valence-corrected chi connectivity index (χ4v) is 2.11. The summed E-state index contributed by atoms with van der Waals surface area (Å²) in [5.74, 6) is -0.166. The van der Waals surface area contributed by atoms with Crippen molar-refractivity contribution >= 4 is 20.7 Å². The van der Waals surface area contributed by atoms with E-state index in [4.69, 9.17) is 0 Å². The summed E-state index contributed by atoms with van der Waals surface area (Å²) in [4.78, 5) is 11.8. The van der Waals surface area contributed by atoms with E-state index in [2.05, 4.69) is 20.8 Å². The Labute approximate surface area is 104 Å². The summed E-state index contributed by atoms with van der Waals surface area (Å²) in [7, 11) is -2.13. The molecule has 0 radical (unpaired) electrons. The molecule has 0 aliphatic carbocycles. The Hall–Kier alpha value is -1.09. The first-order chi connectivity index (χ1) is 7.59. The maximum absolute atomic E-state index is 11.8. The Kier molecular flexibility index (Phi) is 3.82. The van der Waals surface area contributed by atoms with Crippen LogP contribution in [-0.4, -0.2) is 27.9 Å². The summed E-state index contributed by atoms with van der Waals surface area (Å²) in [6, 6.07) is 7.50. The van der Waals surface area contributed by atoms with E-state index < -0.39 is 9.52 Å². The maximum atomic E-state index is 11.8. The average Bonchev–Trinajstić information content (AvgIpc) is 2.14. The molecule has 2 nitrogen and oxygen atoms in total. The van der Waals surface area contributed by atoms with Crippen LogP contribution in [0.1, 0.15) is 36.7 Å². The third-order valence-corrected chi connectivity index (χ3v) is 3.21. The fourth-order valence-electron chi connectivity index (χ4n) is 1.46. The van der Waals surface area contributed by atoms with Crippen LogP contribution in [-0.2, 0) is 14.9 Å². The highest BCUT2D eigenvalue weighted by Gasteiger charge is 2.13. The van der Waals surface area contributed by atoms with Gasteiger partial charge in [0.2, 0.25) is 0 Å². The molecule has 0 aliphatic rings. The predicted molar refractivity (Wildman–Crippen MR) is 75.5 cm³/mol. The van der Waals surface area contributed by atoms with Gasteiger partial charge in [-0.05, 0) is 20.5 Å². The minimum atomic E-state index is -2.13. The van der Waals surface area contributed by atoms with Gasteiger partial charge < -0.3 is 0 Å². The summed E-state index contributed by atoms with van der Waals surface area (Å²) < 4.78 is 11.5. The van der Waals surface area contributed by atoms with E-state index in [-0.39, 0.29) is 11.2 Å². The Bertz CT molecular complexity index is 516. The quantitative estimate of drug-likeness (QED) is 0.598. The topological polar surface area (TPSA) is 34.1 Å². The van der Waals surface area contributed by atoms with Gasteiger partial charge in [0.15, 0.2) is 5.78 Å². The highest BCUT2D eigenvalue weighted by atomic mass is 32.2. The van der Waals surface area contributed by atoms with Crippen molar-refractivity contribution in [2.75, 3.05) is 12.5 Å². The molecule has 1 aromatic carbocycles. The Balaban J connectivity index is 3.05. The van der Waals surface area contributed by atoms with Crippen molar-refractivity contribution in [1.29, 1.82) is 0 Å². The molecule has 1 rings (SSSR count). The molecule has 0 aromatic heterocycles. The van der Waals surface area contributed by atoms with Crippen LogP contribution in [0.3, 0.4) is 0 Å². The van der Waals surface area contributed by atoms with Crippen LogP contribution in [0.4, 0.5) is 0 Å². The molecule has 3 heteroatoms. The van der Waals surface area contributed by atoms with E-state index in [1.807, 2.05) is 12.1 Å². The van der Waals surface area contributed by atoms with E-state index in [1.165, 1.54) is 10.9 Å². The lowest BCUT2D eigenvalue weighted by Crippen LogP contribution is -2.12. The van der Waals surface area contributed by atoms with Gasteiger partial charge in [-0.25, -0.2) is 0 Å². The molecule has 0 fully saturated rings. The van der Waals surface area contributed by atoms with Crippen LogP contribution < -0.4 is 0 Å². The van der Waals surface area contributed by atoms with Gasteiger partial charge in [0.25, 0.3) is 0 Å². The molecule has 0 atom stereocenters. The molecule has 0 bridgehead atoms. The zero-order valence-electron chi connectivity index (χ0n) is 11.1.